The van der Waals surface area contributed by atoms with Crippen molar-refractivity contribution in [3.8, 4) is 23.0 Å². The molecule has 1 N–H and O–H groups in total. The van der Waals surface area contributed by atoms with Crippen LogP contribution in [0.2, 0.25) is 0 Å². The number of non-ortho nitro benzene ring substituents is 1. The van der Waals surface area contributed by atoms with Gasteiger partial charge in [-0.2, -0.15) is 5.10 Å². The van der Waals surface area contributed by atoms with E-state index in [4.69, 9.17) is 18.9 Å². The van der Waals surface area contributed by atoms with Gasteiger partial charge >= 0.3 is 5.97 Å². The number of esters is 1. The fourth-order valence-electron chi connectivity index (χ4n) is 3.64. The number of hydrazone groups is 1. The van der Waals surface area contributed by atoms with Crippen molar-refractivity contribution in [3.05, 3.63) is 87.5 Å². The van der Waals surface area contributed by atoms with Gasteiger partial charge in [0.1, 0.15) is 6.61 Å². The minimum Gasteiger partial charge on any atom is -0.493 e. The van der Waals surface area contributed by atoms with E-state index in [1.165, 1.54) is 43.7 Å². The van der Waals surface area contributed by atoms with Gasteiger partial charge in [-0.1, -0.05) is 26.8 Å². The highest BCUT2D eigenvalue weighted by molar-refractivity contribution is 5.92. The summed E-state index contributed by atoms with van der Waals surface area (Å²) in [6.07, 6.45) is 0.526. The summed E-state index contributed by atoms with van der Waals surface area (Å²) in [5.41, 5.74) is 3.98. The molecule has 3 aromatic carbocycles. The van der Waals surface area contributed by atoms with Gasteiger partial charge in [-0.15, -0.1) is 0 Å². The molecular formula is C28H27N3O8. The second-order valence-corrected chi connectivity index (χ2v) is 9.67. The van der Waals surface area contributed by atoms with E-state index in [-0.39, 0.29) is 34.8 Å². The number of rotatable bonds is 7. The Kier molecular flexibility index (Phi) is 7.80. The van der Waals surface area contributed by atoms with Crippen molar-refractivity contribution >= 4 is 23.8 Å². The van der Waals surface area contributed by atoms with Crippen molar-refractivity contribution in [3.63, 3.8) is 0 Å². The molecule has 0 aromatic heterocycles. The van der Waals surface area contributed by atoms with E-state index in [9.17, 15) is 19.7 Å². The molecule has 11 nitrogen and oxygen atoms in total. The maximum Gasteiger partial charge on any atom is 0.343 e. The zero-order valence-corrected chi connectivity index (χ0v) is 21.8. The lowest BCUT2D eigenvalue weighted by molar-refractivity contribution is -0.384. The number of nitro groups is 1. The number of amides is 1. The summed E-state index contributed by atoms with van der Waals surface area (Å²) in [7, 11) is 1.41. The average Bonchev–Trinajstić information content (AvgIpc) is 2.92. The highest BCUT2D eigenvalue weighted by Gasteiger charge is 2.28. The molecule has 11 heteroatoms. The Bertz CT molecular complexity index is 1430. The molecule has 0 fully saturated rings. The summed E-state index contributed by atoms with van der Waals surface area (Å²) in [5, 5.41) is 14.8. The van der Waals surface area contributed by atoms with E-state index in [0.717, 1.165) is 5.56 Å². The van der Waals surface area contributed by atoms with E-state index in [1.54, 1.807) is 12.1 Å². The first-order valence-electron chi connectivity index (χ1n) is 12.0. The van der Waals surface area contributed by atoms with E-state index < -0.39 is 22.9 Å². The average molecular weight is 534 g/mol. The summed E-state index contributed by atoms with van der Waals surface area (Å²) < 4.78 is 22.2. The highest BCUT2D eigenvalue weighted by atomic mass is 16.6. The Hall–Kier alpha value is -4.93. The minimum absolute atomic E-state index is 0.0475. The molecule has 0 saturated heterocycles. The maximum absolute atomic E-state index is 12.6. The molecule has 0 radical (unpaired) electrons. The molecule has 39 heavy (non-hydrogen) atoms. The van der Waals surface area contributed by atoms with E-state index >= 15 is 0 Å². The van der Waals surface area contributed by atoms with Crippen LogP contribution in [0.1, 0.15) is 42.3 Å². The summed E-state index contributed by atoms with van der Waals surface area (Å²) in [4.78, 5) is 35.3. The van der Waals surface area contributed by atoms with Crippen molar-refractivity contribution in [2.24, 2.45) is 5.10 Å². The monoisotopic (exact) mass is 533 g/mol. The number of carbonyl (C=O) groups is 2. The zero-order valence-electron chi connectivity index (χ0n) is 21.8. The summed E-state index contributed by atoms with van der Waals surface area (Å²) >= 11 is 0. The number of fused-ring (bicyclic) bond motifs is 1. The molecule has 1 aliphatic rings. The van der Waals surface area contributed by atoms with Crippen molar-refractivity contribution in [1.82, 2.24) is 5.43 Å². The predicted octanol–water partition coefficient (Wildman–Crippen LogP) is 4.41. The molecule has 0 saturated carbocycles. The van der Waals surface area contributed by atoms with Gasteiger partial charge in [0.25, 0.3) is 11.6 Å². The van der Waals surface area contributed by atoms with Crippen LogP contribution in [0, 0.1) is 10.1 Å². The normalized spacial score (nSPS) is 14.5. The summed E-state index contributed by atoms with van der Waals surface area (Å²) in [6.45, 7) is 6.30. The quantitative estimate of drug-likeness (QED) is 0.155. The van der Waals surface area contributed by atoms with Crippen LogP contribution in [0.5, 0.6) is 23.0 Å². The molecule has 4 rings (SSSR count). The standard InChI is InChI=1S/C28H27N3O8/c1-28(2,3)19-8-12-21-24(14-19)38-25(16-37-21)26(32)30-29-15-17-5-11-22(23(13-17)36-4)39-27(33)18-6-9-20(10-7-18)31(34)35/h5-15,25H,16H2,1-4H3,(H,30,32)/b29-15+/t25-/m0/s1. The number of hydrogen-bond acceptors (Lipinski definition) is 9. The summed E-state index contributed by atoms with van der Waals surface area (Å²) in [5.74, 6) is 0.291. The predicted molar refractivity (Wildman–Crippen MR) is 142 cm³/mol. The Morgan fingerprint density at radius 1 is 1.05 bits per heavy atom. The Morgan fingerprint density at radius 3 is 2.46 bits per heavy atom. The number of nitro benzene ring substituents is 1. The van der Waals surface area contributed by atoms with Gasteiger partial charge in [-0.05, 0) is 59.0 Å². The van der Waals surface area contributed by atoms with Gasteiger partial charge in [0.05, 0.1) is 23.8 Å². The van der Waals surface area contributed by atoms with Crippen LogP contribution < -0.4 is 24.4 Å². The SMILES string of the molecule is COc1cc(/C=N/NC(=O)[C@@H]2COc3ccc(C(C)(C)C)cc3O2)ccc1OC(=O)c1ccc([N+](=O)[O-])cc1. The molecule has 0 unspecified atom stereocenters. The molecule has 1 heterocycles. The largest absolute Gasteiger partial charge is 0.493 e. The highest BCUT2D eigenvalue weighted by Crippen LogP contribution is 2.36. The Labute approximate surface area is 224 Å². The van der Waals surface area contributed by atoms with E-state index in [1.807, 2.05) is 18.2 Å². The fourth-order valence-corrected chi connectivity index (χ4v) is 3.64. The third kappa shape index (κ3) is 6.50. The molecule has 0 bridgehead atoms. The van der Waals surface area contributed by atoms with Crippen LogP contribution in [0.4, 0.5) is 5.69 Å². The second kappa shape index (κ2) is 11.2. The third-order valence-corrected chi connectivity index (χ3v) is 5.85. The Morgan fingerprint density at radius 2 is 1.79 bits per heavy atom. The number of carbonyl (C=O) groups excluding carboxylic acids is 2. The number of ether oxygens (including phenoxy) is 4. The first-order chi connectivity index (χ1) is 18.5. The number of benzene rings is 3. The number of nitrogens with zero attached hydrogens (tertiary/aromatic N) is 2. The zero-order chi connectivity index (χ0) is 28.2. The fraction of sp³-hybridized carbons (Fsp3) is 0.250. The lowest BCUT2D eigenvalue weighted by atomic mass is 9.87. The molecule has 0 aliphatic carbocycles. The lowest BCUT2D eigenvalue weighted by Crippen LogP contribution is -2.42. The van der Waals surface area contributed by atoms with E-state index in [0.29, 0.717) is 17.1 Å². The van der Waals surface area contributed by atoms with Gasteiger partial charge in [-0.3, -0.25) is 14.9 Å². The van der Waals surface area contributed by atoms with Crippen LogP contribution in [0.3, 0.4) is 0 Å². The molecule has 202 valence electrons. The van der Waals surface area contributed by atoms with Crippen molar-refractivity contribution in [2.75, 3.05) is 13.7 Å². The van der Waals surface area contributed by atoms with Crippen molar-refractivity contribution in [1.29, 1.82) is 0 Å². The van der Waals surface area contributed by atoms with Gasteiger partial charge in [-0.25, -0.2) is 10.2 Å². The van der Waals surface area contributed by atoms with Crippen LogP contribution >= 0.6 is 0 Å². The van der Waals surface area contributed by atoms with Gasteiger partial charge in [0.15, 0.2) is 23.0 Å². The Balaban J connectivity index is 1.37. The van der Waals surface area contributed by atoms with Gasteiger partial charge in [0, 0.05) is 12.1 Å². The third-order valence-electron chi connectivity index (χ3n) is 5.85. The molecular weight excluding hydrogens is 506 g/mol. The molecule has 1 amide bonds. The second-order valence-electron chi connectivity index (χ2n) is 9.67. The van der Waals surface area contributed by atoms with Crippen LogP contribution in [0.25, 0.3) is 0 Å². The topological polar surface area (TPSA) is 139 Å². The number of nitrogens with one attached hydrogen (secondary N) is 1. The first kappa shape index (κ1) is 27.1. The molecule has 1 atom stereocenters. The van der Waals surface area contributed by atoms with Crippen molar-refractivity contribution in [2.45, 2.75) is 32.3 Å². The van der Waals surface area contributed by atoms with Gasteiger partial charge in [0.2, 0.25) is 6.10 Å². The van der Waals surface area contributed by atoms with Crippen LogP contribution in [0.15, 0.2) is 65.8 Å². The van der Waals surface area contributed by atoms with Crippen LogP contribution in [-0.2, 0) is 10.2 Å². The van der Waals surface area contributed by atoms with E-state index in [2.05, 4.69) is 31.3 Å². The summed E-state index contributed by atoms with van der Waals surface area (Å²) in [6, 6.07) is 15.4. The molecule has 3 aromatic rings. The minimum atomic E-state index is -0.874. The molecule has 1 aliphatic heterocycles. The number of methoxy groups -OCH3 is 1. The maximum atomic E-state index is 12.6. The number of hydrogen-bond donors (Lipinski definition) is 1. The lowest BCUT2D eigenvalue weighted by Gasteiger charge is -2.27. The molecule has 0 spiro atoms. The smallest absolute Gasteiger partial charge is 0.343 e. The van der Waals surface area contributed by atoms with Gasteiger partial charge < -0.3 is 18.9 Å². The van der Waals surface area contributed by atoms with Crippen LogP contribution in [-0.4, -0.2) is 42.8 Å². The van der Waals surface area contributed by atoms with Crippen molar-refractivity contribution < 1.29 is 33.5 Å². The first-order valence-corrected chi connectivity index (χ1v) is 12.0.